The molecule has 1 N–H and O–H groups in total. The average molecular weight is 416 g/mol. The Morgan fingerprint density at radius 1 is 0.967 bits per heavy atom. The highest BCUT2D eigenvalue weighted by Crippen LogP contribution is 2.30. The summed E-state index contributed by atoms with van der Waals surface area (Å²) in [4.78, 5) is 16.8. The molecule has 2 aromatic carbocycles. The second-order valence-electron chi connectivity index (χ2n) is 7.22. The Balaban J connectivity index is 1.48. The number of hydrogen-bond donors (Lipinski definition) is 1. The van der Waals surface area contributed by atoms with Crippen LogP contribution in [-0.2, 0) is 11.3 Å². The zero-order valence-corrected chi connectivity index (χ0v) is 17.7. The van der Waals surface area contributed by atoms with Gasteiger partial charge in [0.25, 0.3) is 0 Å². The minimum atomic E-state index is -0.166. The van der Waals surface area contributed by atoms with E-state index >= 15 is 0 Å². The van der Waals surface area contributed by atoms with Crippen LogP contribution in [0.15, 0.2) is 42.5 Å². The fourth-order valence-corrected chi connectivity index (χ4v) is 3.51. The zero-order chi connectivity index (χ0) is 21.3. The van der Waals surface area contributed by atoms with E-state index in [-0.39, 0.29) is 11.7 Å². The van der Waals surface area contributed by atoms with Gasteiger partial charge in [0.2, 0.25) is 5.91 Å². The standard InChI is InChI=1S/C23H30FN3O3/c1-3-29-21-10-9-19(15-22(21)30-4-2)25-23(28)17-27-13-11-26(12-14-27)16-18-7-5-6-8-20(18)24/h5-10,15H,3-4,11-14,16-17H2,1-2H3,(H,25,28). The predicted molar refractivity (Wildman–Crippen MR) is 116 cm³/mol. The summed E-state index contributed by atoms with van der Waals surface area (Å²) in [5.41, 5.74) is 1.40. The van der Waals surface area contributed by atoms with Gasteiger partial charge in [0.15, 0.2) is 11.5 Å². The van der Waals surface area contributed by atoms with Crippen molar-refractivity contribution < 1.29 is 18.7 Å². The number of halogens is 1. The van der Waals surface area contributed by atoms with Crippen LogP contribution in [0.3, 0.4) is 0 Å². The molecule has 0 saturated carbocycles. The van der Waals surface area contributed by atoms with Crippen LogP contribution < -0.4 is 14.8 Å². The van der Waals surface area contributed by atoms with Crippen molar-refractivity contribution in [3.05, 3.63) is 53.8 Å². The Kier molecular flexibility index (Phi) is 8.04. The number of carbonyl (C=O) groups excluding carboxylic acids is 1. The summed E-state index contributed by atoms with van der Waals surface area (Å²) < 4.78 is 25.0. The minimum Gasteiger partial charge on any atom is -0.490 e. The smallest absolute Gasteiger partial charge is 0.238 e. The number of piperazine rings is 1. The van der Waals surface area contributed by atoms with Crippen molar-refractivity contribution in [1.82, 2.24) is 9.80 Å². The van der Waals surface area contributed by atoms with Gasteiger partial charge < -0.3 is 14.8 Å². The highest BCUT2D eigenvalue weighted by atomic mass is 19.1. The molecule has 7 heteroatoms. The van der Waals surface area contributed by atoms with Crippen LogP contribution in [0.4, 0.5) is 10.1 Å². The maximum absolute atomic E-state index is 13.8. The first-order valence-corrected chi connectivity index (χ1v) is 10.5. The summed E-state index contributed by atoms with van der Waals surface area (Å²) in [5.74, 6) is 1.06. The van der Waals surface area contributed by atoms with E-state index in [1.807, 2.05) is 38.1 Å². The summed E-state index contributed by atoms with van der Waals surface area (Å²) in [6.07, 6.45) is 0. The number of rotatable bonds is 9. The van der Waals surface area contributed by atoms with Crippen molar-refractivity contribution in [3.63, 3.8) is 0 Å². The molecule has 0 aliphatic carbocycles. The van der Waals surface area contributed by atoms with E-state index in [4.69, 9.17) is 9.47 Å². The Labute approximate surface area is 177 Å². The molecular formula is C23H30FN3O3. The number of amides is 1. The van der Waals surface area contributed by atoms with Gasteiger partial charge in [-0.25, -0.2) is 4.39 Å². The SMILES string of the molecule is CCOc1ccc(NC(=O)CN2CCN(Cc3ccccc3F)CC2)cc1OCC. The molecule has 1 aliphatic rings. The van der Waals surface area contributed by atoms with E-state index < -0.39 is 0 Å². The second kappa shape index (κ2) is 10.9. The third-order valence-corrected chi connectivity index (χ3v) is 5.01. The predicted octanol–water partition coefficient (Wildman–Crippen LogP) is 3.38. The van der Waals surface area contributed by atoms with Crippen LogP contribution in [0, 0.1) is 5.82 Å². The number of carbonyl (C=O) groups is 1. The fourth-order valence-electron chi connectivity index (χ4n) is 3.51. The van der Waals surface area contributed by atoms with Gasteiger partial charge in [0.05, 0.1) is 19.8 Å². The third-order valence-electron chi connectivity index (χ3n) is 5.01. The van der Waals surface area contributed by atoms with Crippen LogP contribution in [0.1, 0.15) is 19.4 Å². The first-order chi connectivity index (χ1) is 14.6. The van der Waals surface area contributed by atoms with Crippen LogP contribution in [0.25, 0.3) is 0 Å². The lowest BCUT2D eigenvalue weighted by molar-refractivity contribution is -0.117. The molecule has 1 aliphatic heterocycles. The molecule has 0 spiro atoms. The molecule has 1 saturated heterocycles. The van der Waals surface area contributed by atoms with Crippen molar-refractivity contribution in [2.24, 2.45) is 0 Å². The molecule has 6 nitrogen and oxygen atoms in total. The van der Waals surface area contributed by atoms with E-state index in [0.29, 0.717) is 49.1 Å². The molecule has 0 bridgehead atoms. The first kappa shape index (κ1) is 22.1. The lowest BCUT2D eigenvalue weighted by Crippen LogP contribution is -2.48. The number of nitrogens with zero attached hydrogens (tertiary/aromatic N) is 2. The van der Waals surface area contributed by atoms with Crippen LogP contribution >= 0.6 is 0 Å². The van der Waals surface area contributed by atoms with Gasteiger partial charge >= 0.3 is 0 Å². The number of anilines is 1. The molecule has 0 unspecified atom stereocenters. The van der Waals surface area contributed by atoms with Crippen LogP contribution in [0.2, 0.25) is 0 Å². The third kappa shape index (κ3) is 6.18. The summed E-state index contributed by atoms with van der Waals surface area (Å²) in [7, 11) is 0. The Hall–Kier alpha value is -2.64. The molecule has 2 aromatic rings. The number of benzene rings is 2. The maximum atomic E-state index is 13.8. The monoisotopic (exact) mass is 415 g/mol. The minimum absolute atomic E-state index is 0.0656. The summed E-state index contributed by atoms with van der Waals surface area (Å²) in [6.45, 7) is 8.98. The molecule has 1 amide bonds. The molecular weight excluding hydrogens is 385 g/mol. The van der Waals surface area contributed by atoms with Crippen LogP contribution in [0.5, 0.6) is 11.5 Å². The summed E-state index contributed by atoms with van der Waals surface area (Å²) in [5, 5.41) is 2.94. The van der Waals surface area contributed by atoms with Crippen molar-refractivity contribution in [2.75, 3.05) is 51.3 Å². The maximum Gasteiger partial charge on any atom is 0.238 e. The first-order valence-electron chi connectivity index (χ1n) is 10.5. The molecule has 30 heavy (non-hydrogen) atoms. The normalized spacial score (nSPS) is 15.0. The van der Waals surface area contributed by atoms with Gasteiger partial charge in [-0.3, -0.25) is 14.6 Å². The highest BCUT2D eigenvalue weighted by Gasteiger charge is 2.20. The molecule has 1 fully saturated rings. The quantitative estimate of drug-likeness (QED) is 0.681. The number of nitrogens with one attached hydrogen (secondary N) is 1. The van der Waals surface area contributed by atoms with Gasteiger partial charge in [0.1, 0.15) is 5.82 Å². The molecule has 0 radical (unpaired) electrons. The van der Waals surface area contributed by atoms with Crippen molar-refractivity contribution in [2.45, 2.75) is 20.4 Å². The van der Waals surface area contributed by atoms with Gasteiger partial charge in [-0.05, 0) is 32.0 Å². The Morgan fingerprint density at radius 3 is 2.33 bits per heavy atom. The van der Waals surface area contributed by atoms with E-state index in [0.717, 1.165) is 26.2 Å². The second-order valence-corrected chi connectivity index (χ2v) is 7.22. The average Bonchev–Trinajstić information content (AvgIpc) is 2.73. The number of hydrogen-bond acceptors (Lipinski definition) is 5. The number of ether oxygens (including phenoxy) is 2. The molecule has 162 valence electrons. The van der Waals surface area contributed by atoms with Gasteiger partial charge in [-0.15, -0.1) is 0 Å². The molecule has 1 heterocycles. The lowest BCUT2D eigenvalue weighted by Gasteiger charge is -2.34. The van der Waals surface area contributed by atoms with E-state index in [9.17, 15) is 9.18 Å². The van der Waals surface area contributed by atoms with Crippen LogP contribution in [-0.4, -0.2) is 61.6 Å². The fraction of sp³-hybridized carbons (Fsp3) is 0.435. The van der Waals surface area contributed by atoms with E-state index in [1.54, 1.807) is 12.1 Å². The Bertz CT molecular complexity index is 838. The van der Waals surface area contributed by atoms with Gasteiger partial charge in [-0.2, -0.15) is 0 Å². The van der Waals surface area contributed by atoms with Gasteiger partial charge in [-0.1, -0.05) is 18.2 Å². The molecule has 3 rings (SSSR count). The van der Waals surface area contributed by atoms with Crippen molar-refractivity contribution in [3.8, 4) is 11.5 Å². The van der Waals surface area contributed by atoms with E-state index in [1.165, 1.54) is 6.07 Å². The van der Waals surface area contributed by atoms with Crippen molar-refractivity contribution >= 4 is 11.6 Å². The van der Waals surface area contributed by atoms with E-state index in [2.05, 4.69) is 15.1 Å². The van der Waals surface area contributed by atoms with Gasteiger partial charge in [0, 0.05) is 50.0 Å². The molecule has 0 aromatic heterocycles. The lowest BCUT2D eigenvalue weighted by atomic mass is 10.2. The summed E-state index contributed by atoms with van der Waals surface area (Å²) in [6, 6.07) is 12.3. The zero-order valence-electron chi connectivity index (χ0n) is 17.7. The molecule has 0 atom stereocenters. The Morgan fingerprint density at radius 2 is 1.63 bits per heavy atom. The largest absolute Gasteiger partial charge is 0.490 e. The van der Waals surface area contributed by atoms with Crippen molar-refractivity contribution in [1.29, 1.82) is 0 Å². The summed E-state index contributed by atoms with van der Waals surface area (Å²) >= 11 is 0. The highest BCUT2D eigenvalue weighted by molar-refractivity contribution is 5.92. The topological polar surface area (TPSA) is 54.0 Å².